The molecule has 1 aromatic carbocycles. The average Bonchev–Trinajstić information content (AvgIpc) is 3.31. The molecule has 0 radical (unpaired) electrons. The third-order valence-corrected chi connectivity index (χ3v) is 13.5. The molecular weight excluding hydrogens is 819 g/mol. The lowest BCUT2D eigenvalue weighted by molar-refractivity contribution is -0.302. The van der Waals surface area contributed by atoms with E-state index in [4.69, 9.17) is 14.2 Å². The first-order valence-electron chi connectivity index (χ1n) is 27.3. The predicted octanol–water partition coefficient (Wildman–Crippen LogP) is 12.6. The van der Waals surface area contributed by atoms with Crippen LogP contribution in [0.3, 0.4) is 0 Å². The van der Waals surface area contributed by atoms with Gasteiger partial charge >= 0.3 is 5.97 Å². The molecule has 1 saturated heterocycles. The minimum absolute atomic E-state index is 0.170. The Balaban J connectivity index is 1.81. The Bertz CT molecular complexity index is 1230. The van der Waals surface area contributed by atoms with E-state index < -0.39 is 55.4 Å². The summed E-state index contributed by atoms with van der Waals surface area (Å²) >= 11 is 0. The van der Waals surface area contributed by atoms with Crippen LogP contribution in [-0.4, -0.2) is 88.4 Å². The second-order valence-electron chi connectivity index (χ2n) is 19.4. The largest absolute Gasteiger partial charge is 0.456 e. The van der Waals surface area contributed by atoms with Crippen LogP contribution in [0.5, 0.6) is 0 Å². The molecule has 1 amide bonds. The van der Waals surface area contributed by atoms with Crippen molar-refractivity contribution in [1.29, 1.82) is 0 Å². The van der Waals surface area contributed by atoms with Gasteiger partial charge in [-0.15, -0.1) is 0 Å². The zero-order valence-corrected chi connectivity index (χ0v) is 41.6. The number of amides is 1. The van der Waals surface area contributed by atoms with Crippen LogP contribution in [0, 0.1) is 0 Å². The highest BCUT2D eigenvalue weighted by Gasteiger charge is 2.44. The van der Waals surface area contributed by atoms with E-state index in [9.17, 15) is 30.0 Å². The van der Waals surface area contributed by atoms with Crippen molar-refractivity contribution in [2.24, 2.45) is 0 Å². The molecule has 0 aliphatic carbocycles. The van der Waals surface area contributed by atoms with Crippen LogP contribution < -0.4 is 5.32 Å². The Morgan fingerprint density at radius 1 is 0.554 bits per heavy atom. The maximum absolute atomic E-state index is 13.5. The van der Waals surface area contributed by atoms with E-state index >= 15 is 0 Å². The lowest BCUT2D eigenvalue weighted by atomic mass is 9.99. The Morgan fingerprint density at radius 3 is 1.37 bits per heavy atom. The summed E-state index contributed by atoms with van der Waals surface area (Å²) in [7, 11) is 0. The van der Waals surface area contributed by atoms with Crippen LogP contribution in [0.25, 0.3) is 0 Å². The first-order chi connectivity index (χ1) is 31.8. The second kappa shape index (κ2) is 40.9. The van der Waals surface area contributed by atoms with Crippen LogP contribution in [0.15, 0.2) is 30.3 Å². The number of aliphatic hydroxyl groups is 4. The summed E-state index contributed by atoms with van der Waals surface area (Å²) in [5.74, 6) is -0.668. The summed E-state index contributed by atoms with van der Waals surface area (Å²) < 4.78 is 17.7. The van der Waals surface area contributed by atoms with Gasteiger partial charge in [-0.05, 0) is 31.4 Å². The van der Waals surface area contributed by atoms with Crippen LogP contribution in [-0.2, 0) is 19.0 Å². The molecule has 0 bridgehead atoms. The first-order valence-corrected chi connectivity index (χ1v) is 27.3. The summed E-state index contributed by atoms with van der Waals surface area (Å²) in [6.45, 7) is 3.77. The summed E-state index contributed by atoms with van der Waals surface area (Å²) in [6.07, 6.45) is 35.9. The predicted molar refractivity (Wildman–Crippen MR) is 265 cm³/mol. The number of hydrogen-bond donors (Lipinski definition) is 5. The molecule has 1 aromatic rings. The fourth-order valence-corrected chi connectivity index (χ4v) is 9.13. The van der Waals surface area contributed by atoms with Crippen molar-refractivity contribution >= 4 is 11.9 Å². The maximum Gasteiger partial charge on any atom is 0.338 e. The molecular formula is C55H99NO9. The van der Waals surface area contributed by atoms with Crippen LogP contribution in [0.1, 0.15) is 255 Å². The van der Waals surface area contributed by atoms with Gasteiger partial charge < -0.3 is 40.0 Å². The van der Waals surface area contributed by atoms with Gasteiger partial charge in [0.25, 0.3) is 0 Å². The molecule has 1 unspecified atom stereocenters. The van der Waals surface area contributed by atoms with Gasteiger partial charge in [0.05, 0.1) is 24.8 Å². The summed E-state index contributed by atoms with van der Waals surface area (Å²) in [4.78, 5) is 27.0. The van der Waals surface area contributed by atoms with Gasteiger partial charge in [-0.3, -0.25) is 4.79 Å². The van der Waals surface area contributed by atoms with E-state index in [-0.39, 0.29) is 12.5 Å². The number of carbonyl (C=O) groups excluding carboxylic acids is 2. The molecule has 10 nitrogen and oxygen atoms in total. The fraction of sp³-hybridized carbons (Fsp3) is 0.855. The van der Waals surface area contributed by atoms with Crippen molar-refractivity contribution < 1.29 is 44.2 Å². The average molecular weight is 918 g/mol. The van der Waals surface area contributed by atoms with E-state index in [0.29, 0.717) is 18.4 Å². The van der Waals surface area contributed by atoms with Gasteiger partial charge in [-0.2, -0.15) is 0 Å². The number of nitrogens with one attached hydrogen (secondary N) is 1. The molecule has 1 aliphatic heterocycles. The number of rotatable bonds is 44. The van der Waals surface area contributed by atoms with Crippen molar-refractivity contribution in [3.05, 3.63) is 35.9 Å². The molecule has 2 rings (SSSR count). The minimum Gasteiger partial charge on any atom is -0.456 e. The molecule has 0 aromatic heterocycles. The number of esters is 1. The monoisotopic (exact) mass is 918 g/mol. The molecule has 1 heterocycles. The molecule has 0 saturated carbocycles. The van der Waals surface area contributed by atoms with Gasteiger partial charge in [0.15, 0.2) is 6.29 Å². The Kier molecular flexibility index (Phi) is 37.2. The lowest BCUT2D eigenvalue weighted by Gasteiger charge is -2.40. The van der Waals surface area contributed by atoms with Gasteiger partial charge in [0.1, 0.15) is 30.5 Å². The van der Waals surface area contributed by atoms with E-state index in [2.05, 4.69) is 19.2 Å². The van der Waals surface area contributed by atoms with Crippen LogP contribution >= 0.6 is 0 Å². The van der Waals surface area contributed by atoms with Gasteiger partial charge in [-0.25, -0.2) is 4.79 Å². The molecule has 1 fully saturated rings. The van der Waals surface area contributed by atoms with Gasteiger partial charge in [-0.1, -0.05) is 238 Å². The van der Waals surface area contributed by atoms with Crippen molar-refractivity contribution in [3.8, 4) is 0 Å². The number of ether oxygens (including phenoxy) is 3. The second-order valence-corrected chi connectivity index (χ2v) is 19.4. The highest BCUT2D eigenvalue weighted by atomic mass is 16.7. The molecule has 0 spiro atoms. The Hall–Kier alpha value is -2.08. The Morgan fingerprint density at radius 2 is 0.954 bits per heavy atom. The number of unbranched alkanes of at least 4 members (excludes halogenated alkanes) is 32. The number of hydrogen-bond acceptors (Lipinski definition) is 9. The van der Waals surface area contributed by atoms with Crippen molar-refractivity contribution in [2.75, 3.05) is 13.2 Å². The summed E-state index contributed by atoms with van der Waals surface area (Å²) in [5.41, 5.74) is 0.405. The smallest absolute Gasteiger partial charge is 0.338 e. The molecule has 378 valence electrons. The Labute approximate surface area is 397 Å². The number of carbonyl (C=O) groups is 2. The fourth-order valence-electron chi connectivity index (χ4n) is 9.13. The number of aliphatic hydroxyl groups excluding tert-OH is 4. The molecule has 10 heteroatoms. The SMILES string of the molecule is CCCCCCCCCCCCCCCCCCCCCCCC(=O)NC(CO[C@@H]1O[C@H](CO)[C@H](O)[C@H](O)[C@H]1O)[C@@H](CCCCCCCCCCCCCCC)OC(=O)c1ccccc1. The topological polar surface area (TPSA) is 155 Å². The number of benzene rings is 1. The highest BCUT2D eigenvalue weighted by Crippen LogP contribution is 2.24. The summed E-state index contributed by atoms with van der Waals surface area (Å²) in [5, 5.41) is 44.3. The van der Waals surface area contributed by atoms with Crippen molar-refractivity contribution in [2.45, 2.75) is 288 Å². The van der Waals surface area contributed by atoms with Crippen molar-refractivity contribution in [1.82, 2.24) is 5.32 Å². The first kappa shape index (κ1) is 59.0. The van der Waals surface area contributed by atoms with E-state index in [1.165, 1.54) is 173 Å². The minimum atomic E-state index is -1.60. The molecule has 7 atom stereocenters. The normalized spacial score (nSPS) is 19.6. The van der Waals surface area contributed by atoms with Crippen LogP contribution in [0.2, 0.25) is 0 Å². The van der Waals surface area contributed by atoms with Crippen molar-refractivity contribution in [3.63, 3.8) is 0 Å². The van der Waals surface area contributed by atoms with E-state index in [1.807, 2.05) is 6.07 Å². The quantitative estimate of drug-likeness (QED) is 0.0318. The zero-order chi connectivity index (χ0) is 47.0. The van der Waals surface area contributed by atoms with Gasteiger partial charge in [0.2, 0.25) is 5.91 Å². The van der Waals surface area contributed by atoms with Crippen LogP contribution in [0.4, 0.5) is 0 Å². The molecule has 65 heavy (non-hydrogen) atoms. The zero-order valence-electron chi connectivity index (χ0n) is 41.6. The molecule has 1 aliphatic rings. The molecule has 5 N–H and O–H groups in total. The third-order valence-electron chi connectivity index (χ3n) is 13.5. The standard InChI is InChI=1S/C55H99NO9/c1-3-5-7-9-11-13-15-17-18-19-20-21-22-23-24-26-28-30-32-34-39-43-50(58)56-47(45-63-55-53(61)52(60)51(59)49(44-57)65-55)48(64-54(62)46-40-36-35-37-41-46)42-38-33-31-29-27-25-16-14-12-10-8-6-4-2/h35-37,40-41,47-49,51-53,55,57,59-61H,3-34,38-39,42-45H2,1-2H3,(H,56,58)/t47?,48-,49-,51+,52+,53-,55-/m1/s1. The van der Waals surface area contributed by atoms with Gasteiger partial charge in [0, 0.05) is 6.42 Å². The van der Waals surface area contributed by atoms with E-state index in [0.717, 1.165) is 44.9 Å². The highest BCUT2D eigenvalue weighted by molar-refractivity contribution is 5.89. The summed E-state index contributed by atoms with van der Waals surface area (Å²) in [6, 6.07) is 8.02. The third kappa shape index (κ3) is 29.4. The maximum atomic E-state index is 13.5. The van der Waals surface area contributed by atoms with E-state index in [1.54, 1.807) is 24.3 Å². The lowest BCUT2D eigenvalue weighted by Crippen LogP contribution is -2.60.